The third-order valence-electron chi connectivity index (χ3n) is 3.61. The summed E-state index contributed by atoms with van der Waals surface area (Å²) in [5, 5.41) is 14.9. The minimum atomic E-state index is -0.947. The average molecular weight is 320 g/mol. The van der Waals surface area contributed by atoms with Crippen LogP contribution < -0.4 is 10.6 Å². The zero-order chi connectivity index (χ0) is 16.4. The summed E-state index contributed by atoms with van der Waals surface area (Å²) in [5.74, 6) is -0.744. The van der Waals surface area contributed by atoms with Crippen molar-refractivity contribution >= 4 is 17.5 Å². The van der Waals surface area contributed by atoms with Crippen molar-refractivity contribution in [2.75, 3.05) is 17.2 Å². The number of benzene rings is 1. The number of anilines is 3. The second-order valence-corrected chi connectivity index (χ2v) is 5.73. The fraction of sp³-hybridized carbons (Fsp3) is 0.375. The van der Waals surface area contributed by atoms with Crippen LogP contribution in [0.1, 0.15) is 31.4 Å². The Balaban J connectivity index is 1.89. The molecule has 2 aromatic rings. The number of halogens is 2. The van der Waals surface area contributed by atoms with E-state index < -0.39 is 11.6 Å². The van der Waals surface area contributed by atoms with Crippen molar-refractivity contribution in [2.24, 2.45) is 0 Å². The van der Waals surface area contributed by atoms with Gasteiger partial charge in [-0.25, -0.2) is 13.8 Å². The first-order valence-electron chi connectivity index (χ1n) is 7.54. The van der Waals surface area contributed by atoms with E-state index in [0.717, 1.165) is 24.6 Å². The highest BCUT2D eigenvalue weighted by Crippen LogP contribution is 2.40. The molecule has 1 aliphatic rings. The zero-order valence-electron chi connectivity index (χ0n) is 12.7. The van der Waals surface area contributed by atoms with Gasteiger partial charge in [0, 0.05) is 18.0 Å². The van der Waals surface area contributed by atoms with Gasteiger partial charge in [0.15, 0.2) is 11.6 Å². The molecule has 3 N–H and O–H groups in total. The van der Waals surface area contributed by atoms with Crippen molar-refractivity contribution in [1.29, 1.82) is 0 Å². The van der Waals surface area contributed by atoms with Crippen molar-refractivity contribution in [3.8, 4) is 0 Å². The van der Waals surface area contributed by atoms with E-state index >= 15 is 0 Å². The molecule has 1 aromatic heterocycles. The van der Waals surface area contributed by atoms with Gasteiger partial charge < -0.3 is 15.7 Å². The van der Waals surface area contributed by atoms with Gasteiger partial charge in [0.2, 0.25) is 5.95 Å². The largest absolute Gasteiger partial charge is 0.394 e. The van der Waals surface area contributed by atoms with Gasteiger partial charge in [-0.3, -0.25) is 0 Å². The SMILES string of the molecule is C[C@H](CO)Nc1nc(Nc2cccc(F)c2F)cc(C2CC2)n1. The van der Waals surface area contributed by atoms with Crippen LogP contribution in [0.15, 0.2) is 24.3 Å². The first kappa shape index (κ1) is 15.6. The van der Waals surface area contributed by atoms with Gasteiger partial charge in [0.25, 0.3) is 0 Å². The van der Waals surface area contributed by atoms with Crippen LogP contribution in [0.5, 0.6) is 0 Å². The highest BCUT2D eigenvalue weighted by atomic mass is 19.2. The Morgan fingerprint density at radius 1 is 1.30 bits per heavy atom. The summed E-state index contributed by atoms with van der Waals surface area (Å²) in [6.07, 6.45) is 2.11. The van der Waals surface area contributed by atoms with Crippen molar-refractivity contribution in [3.63, 3.8) is 0 Å². The minimum Gasteiger partial charge on any atom is -0.394 e. The number of aliphatic hydroxyl groups excluding tert-OH is 1. The Hall–Kier alpha value is -2.28. The van der Waals surface area contributed by atoms with E-state index in [1.165, 1.54) is 12.1 Å². The van der Waals surface area contributed by atoms with E-state index in [0.29, 0.717) is 17.7 Å². The monoisotopic (exact) mass is 320 g/mol. The Bertz CT molecular complexity index is 706. The maximum absolute atomic E-state index is 13.8. The normalized spacial score (nSPS) is 15.3. The van der Waals surface area contributed by atoms with Gasteiger partial charge in [0.05, 0.1) is 18.0 Å². The standard InChI is InChI=1S/C16H18F2N4O/c1-9(8-23)19-16-21-13(10-5-6-10)7-14(22-16)20-12-4-2-3-11(17)15(12)18/h2-4,7,9-10,23H,5-6,8H2,1H3,(H2,19,20,21,22)/t9-/m1/s1. The smallest absolute Gasteiger partial charge is 0.225 e. The predicted octanol–water partition coefficient (Wildman–Crippen LogP) is 3.17. The number of aliphatic hydroxyl groups is 1. The maximum atomic E-state index is 13.8. The molecule has 0 radical (unpaired) electrons. The zero-order valence-corrected chi connectivity index (χ0v) is 12.7. The summed E-state index contributed by atoms with van der Waals surface area (Å²) in [5.41, 5.74) is 0.874. The molecule has 1 saturated carbocycles. The van der Waals surface area contributed by atoms with Crippen molar-refractivity contribution in [3.05, 3.63) is 41.6 Å². The lowest BCUT2D eigenvalue weighted by atomic mass is 10.2. The van der Waals surface area contributed by atoms with Gasteiger partial charge in [-0.1, -0.05) is 6.07 Å². The second-order valence-electron chi connectivity index (χ2n) is 5.73. The van der Waals surface area contributed by atoms with Crippen molar-refractivity contribution in [1.82, 2.24) is 9.97 Å². The molecule has 0 saturated heterocycles. The van der Waals surface area contributed by atoms with Gasteiger partial charge >= 0.3 is 0 Å². The Morgan fingerprint density at radius 2 is 2.09 bits per heavy atom. The van der Waals surface area contributed by atoms with Crippen LogP contribution in [0.4, 0.5) is 26.2 Å². The molecule has 23 heavy (non-hydrogen) atoms. The topological polar surface area (TPSA) is 70.1 Å². The van der Waals surface area contributed by atoms with Crippen LogP contribution in [0, 0.1) is 11.6 Å². The van der Waals surface area contributed by atoms with E-state index in [-0.39, 0.29) is 18.3 Å². The molecule has 0 aliphatic heterocycles. The molecule has 3 rings (SSSR count). The summed E-state index contributed by atoms with van der Waals surface area (Å²) in [6.45, 7) is 1.74. The number of nitrogens with one attached hydrogen (secondary N) is 2. The molecule has 0 bridgehead atoms. The fourth-order valence-electron chi connectivity index (χ4n) is 2.19. The number of hydrogen-bond donors (Lipinski definition) is 3. The summed E-state index contributed by atoms with van der Waals surface area (Å²) < 4.78 is 27.1. The molecule has 5 nitrogen and oxygen atoms in total. The van der Waals surface area contributed by atoms with E-state index in [1.807, 2.05) is 0 Å². The average Bonchev–Trinajstić information content (AvgIpc) is 3.36. The third-order valence-corrected chi connectivity index (χ3v) is 3.61. The van der Waals surface area contributed by atoms with Crippen LogP contribution in [-0.4, -0.2) is 27.7 Å². The number of aromatic nitrogens is 2. The molecule has 1 aromatic carbocycles. The van der Waals surface area contributed by atoms with Crippen LogP contribution in [0.25, 0.3) is 0 Å². The van der Waals surface area contributed by atoms with E-state index in [1.54, 1.807) is 13.0 Å². The highest BCUT2D eigenvalue weighted by Gasteiger charge is 2.26. The first-order valence-corrected chi connectivity index (χ1v) is 7.54. The molecule has 1 fully saturated rings. The third kappa shape index (κ3) is 3.73. The quantitative estimate of drug-likeness (QED) is 0.763. The van der Waals surface area contributed by atoms with E-state index in [4.69, 9.17) is 5.11 Å². The fourth-order valence-corrected chi connectivity index (χ4v) is 2.19. The van der Waals surface area contributed by atoms with Crippen LogP contribution in [-0.2, 0) is 0 Å². The summed E-state index contributed by atoms with van der Waals surface area (Å²) >= 11 is 0. The van der Waals surface area contributed by atoms with Gasteiger partial charge in [-0.15, -0.1) is 0 Å². The van der Waals surface area contributed by atoms with E-state index in [2.05, 4.69) is 20.6 Å². The molecular weight excluding hydrogens is 302 g/mol. The molecule has 1 heterocycles. The Kier molecular flexibility index (Phi) is 4.38. The first-order chi connectivity index (χ1) is 11.1. The molecule has 0 amide bonds. The van der Waals surface area contributed by atoms with Crippen LogP contribution in [0.2, 0.25) is 0 Å². The molecule has 0 unspecified atom stereocenters. The van der Waals surface area contributed by atoms with Gasteiger partial charge in [-0.2, -0.15) is 4.98 Å². The van der Waals surface area contributed by atoms with Gasteiger partial charge in [-0.05, 0) is 31.9 Å². The Labute approximate surface area is 132 Å². The predicted molar refractivity (Wildman–Crippen MR) is 83.8 cm³/mol. The lowest BCUT2D eigenvalue weighted by molar-refractivity contribution is 0.281. The number of nitrogens with zero attached hydrogens (tertiary/aromatic N) is 2. The summed E-state index contributed by atoms with van der Waals surface area (Å²) in [6, 6.07) is 5.48. The van der Waals surface area contributed by atoms with Crippen molar-refractivity contribution < 1.29 is 13.9 Å². The van der Waals surface area contributed by atoms with E-state index in [9.17, 15) is 8.78 Å². The summed E-state index contributed by atoms with van der Waals surface area (Å²) in [7, 11) is 0. The molecule has 7 heteroatoms. The van der Waals surface area contributed by atoms with Crippen LogP contribution in [0.3, 0.4) is 0 Å². The lowest BCUT2D eigenvalue weighted by Crippen LogP contribution is -2.21. The molecule has 122 valence electrons. The lowest BCUT2D eigenvalue weighted by Gasteiger charge is -2.14. The van der Waals surface area contributed by atoms with Crippen LogP contribution >= 0.6 is 0 Å². The number of rotatable bonds is 6. The molecule has 0 spiro atoms. The molecule has 1 aliphatic carbocycles. The second kappa shape index (κ2) is 6.45. The summed E-state index contributed by atoms with van der Waals surface area (Å²) in [4.78, 5) is 8.69. The maximum Gasteiger partial charge on any atom is 0.225 e. The highest BCUT2D eigenvalue weighted by molar-refractivity contribution is 5.58. The molecular formula is C16H18F2N4O. The van der Waals surface area contributed by atoms with Gasteiger partial charge in [0.1, 0.15) is 5.82 Å². The molecule has 1 atom stereocenters. The number of hydrogen-bond acceptors (Lipinski definition) is 5. The Morgan fingerprint density at radius 3 is 2.78 bits per heavy atom. The minimum absolute atomic E-state index is 0.0200. The van der Waals surface area contributed by atoms with Crippen molar-refractivity contribution in [2.45, 2.75) is 31.7 Å².